The molecule has 0 spiro atoms. The van der Waals surface area contributed by atoms with E-state index in [1.807, 2.05) is 47.2 Å². The molecule has 0 saturated heterocycles. The SMILES string of the molecule is CCC(C)(I)c1cc(Nc2nncn2[C@H]2CCC(C)=C(/C(C(=O)O)=C(\I)NC(=O)C3C[C@H]3I)C2)n(C)n1. The lowest BCUT2D eigenvalue weighted by Crippen LogP contribution is -2.27. The predicted molar refractivity (Wildman–Crippen MR) is 167 cm³/mol. The van der Waals surface area contributed by atoms with Gasteiger partial charge in [-0.15, -0.1) is 10.2 Å². The Kier molecular flexibility index (Phi) is 8.92. The van der Waals surface area contributed by atoms with Crippen molar-refractivity contribution in [1.82, 2.24) is 29.9 Å². The number of carbonyl (C=O) groups excluding carboxylic acids is 1. The number of alkyl halides is 2. The van der Waals surface area contributed by atoms with Crippen LogP contribution in [0, 0.1) is 5.92 Å². The molecule has 0 aliphatic heterocycles. The first-order valence-electron chi connectivity index (χ1n) is 12.1. The number of aliphatic carboxylic acids is 1. The second-order valence-electron chi connectivity index (χ2n) is 9.77. The maximum absolute atomic E-state index is 12.5. The highest BCUT2D eigenvalue weighted by atomic mass is 127. The van der Waals surface area contributed by atoms with Gasteiger partial charge in [0, 0.05) is 23.1 Å². The maximum Gasteiger partial charge on any atom is 0.338 e. The number of amides is 1. The minimum Gasteiger partial charge on any atom is -0.478 e. The third-order valence-electron chi connectivity index (χ3n) is 7.11. The molecule has 4 atom stereocenters. The fourth-order valence-electron chi connectivity index (χ4n) is 4.39. The minimum atomic E-state index is -1.04. The van der Waals surface area contributed by atoms with E-state index in [2.05, 4.69) is 85.0 Å². The van der Waals surface area contributed by atoms with Crippen LogP contribution in [0.2, 0.25) is 0 Å². The van der Waals surface area contributed by atoms with Crippen molar-refractivity contribution in [3.63, 3.8) is 0 Å². The highest BCUT2D eigenvalue weighted by Gasteiger charge is 2.41. The molecule has 13 heteroatoms. The van der Waals surface area contributed by atoms with Crippen molar-refractivity contribution < 1.29 is 14.7 Å². The van der Waals surface area contributed by atoms with Gasteiger partial charge >= 0.3 is 5.97 Å². The van der Waals surface area contributed by atoms with E-state index in [0.29, 0.717) is 20.0 Å². The van der Waals surface area contributed by atoms with E-state index in [9.17, 15) is 14.7 Å². The second-order valence-corrected chi connectivity index (χ2v) is 14.8. The number of allylic oxidation sites excluding steroid dienone is 1. The monoisotopic (exact) mass is 845 g/mol. The Morgan fingerprint density at radius 3 is 2.68 bits per heavy atom. The summed E-state index contributed by atoms with van der Waals surface area (Å²) < 4.78 is 4.37. The van der Waals surface area contributed by atoms with Gasteiger partial charge in [0.1, 0.15) is 12.1 Å². The number of rotatable bonds is 9. The van der Waals surface area contributed by atoms with Crippen LogP contribution in [-0.4, -0.2) is 45.5 Å². The van der Waals surface area contributed by atoms with E-state index >= 15 is 0 Å². The van der Waals surface area contributed by atoms with E-state index in [1.54, 1.807) is 11.0 Å². The standard InChI is InChI=1S/C24H30I3N7O3/c1-5-24(3,27)17-10-18(33(4)32-17)29-23-31-28-11-34(23)13-7-6-12(2)14(8-13)19(22(36)37)20(26)30-21(35)15-9-16(15)25/h10-11,13,15-16H,5-9H2,1-4H3,(H,29,31)(H,30,35)(H,36,37)/b20-19-/t13-,15?,16+,24?/m0/s1. The summed E-state index contributed by atoms with van der Waals surface area (Å²) in [4.78, 5) is 24.9. The number of hydrogen-bond acceptors (Lipinski definition) is 6. The largest absolute Gasteiger partial charge is 0.478 e. The van der Waals surface area contributed by atoms with Gasteiger partial charge in [0.15, 0.2) is 0 Å². The zero-order valence-corrected chi connectivity index (χ0v) is 27.5. The molecule has 2 aliphatic carbocycles. The molecule has 2 heterocycles. The first-order chi connectivity index (χ1) is 17.4. The molecular weight excluding hydrogens is 815 g/mol. The van der Waals surface area contributed by atoms with Gasteiger partial charge in [-0.25, -0.2) is 4.79 Å². The van der Waals surface area contributed by atoms with Gasteiger partial charge in [0.05, 0.1) is 24.3 Å². The van der Waals surface area contributed by atoms with Crippen molar-refractivity contribution in [2.75, 3.05) is 5.32 Å². The van der Waals surface area contributed by atoms with Crippen LogP contribution in [0.4, 0.5) is 11.8 Å². The number of nitrogens with one attached hydrogen (secondary N) is 2. The van der Waals surface area contributed by atoms with Crippen molar-refractivity contribution in [2.45, 2.75) is 66.3 Å². The number of aryl methyl sites for hydroxylation is 1. The highest BCUT2D eigenvalue weighted by Crippen LogP contribution is 2.41. The Balaban J connectivity index is 1.57. The molecule has 1 fully saturated rings. The highest BCUT2D eigenvalue weighted by molar-refractivity contribution is 14.1. The lowest BCUT2D eigenvalue weighted by Gasteiger charge is -2.28. The number of hydrogen-bond donors (Lipinski definition) is 3. The van der Waals surface area contributed by atoms with Crippen molar-refractivity contribution >= 4 is 91.4 Å². The lowest BCUT2D eigenvalue weighted by atomic mass is 9.85. The van der Waals surface area contributed by atoms with E-state index in [0.717, 1.165) is 48.3 Å². The van der Waals surface area contributed by atoms with Gasteiger partial charge in [-0.1, -0.05) is 57.7 Å². The molecule has 0 radical (unpaired) electrons. The van der Waals surface area contributed by atoms with Crippen molar-refractivity contribution in [1.29, 1.82) is 0 Å². The van der Waals surface area contributed by atoms with Gasteiger partial charge in [-0.3, -0.25) is 14.0 Å². The third-order valence-corrected chi connectivity index (χ3v) is 10.6. The van der Waals surface area contributed by atoms with Crippen LogP contribution in [0.3, 0.4) is 0 Å². The van der Waals surface area contributed by atoms with E-state index in [1.165, 1.54) is 0 Å². The number of anilines is 2. The summed E-state index contributed by atoms with van der Waals surface area (Å²) in [6, 6.07) is 1.99. The Hall–Kier alpha value is -1.24. The van der Waals surface area contributed by atoms with Gasteiger partial charge < -0.3 is 15.7 Å². The average molecular weight is 845 g/mol. The second kappa shape index (κ2) is 11.5. The Labute approximate surface area is 256 Å². The molecule has 37 heavy (non-hydrogen) atoms. The lowest BCUT2D eigenvalue weighted by molar-refractivity contribution is -0.132. The number of carboxylic acids is 1. The zero-order chi connectivity index (χ0) is 27.1. The van der Waals surface area contributed by atoms with Gasteiger partial charge in [-0.05, 0) is 74.1 Å². The Morgan fingerprint density at radius 1 is 1.35 bits per heavy atom. The fraction of sp³-hybridized carbons (Fsp3) is 0.542. The molecule has 3 N–H and O–H groups in total. The number of carbonyl (C=O) groups is 2. The van der Waals surface area contributed by atoms with Crippen LogP contribution in [0.5, 0.6) is 0 Å². The van der Waals surface area contributed by atoms with Crippen LogP contribution in [0.15, 0.2) is 32.8 Å². The summed E-state index contributed by atoms with van der Waals surface area (Å²) in [5, 5.41) is 29.5. The van der Waals surface area contributed by atoms with Crippen LogP contribution < -0.4 is 10.6 Å². The number of nitrogens with zero attached hydrogens (tertiary/aromatic N) is 5. The van der Waals surface area contributed by atoms with Gasteiger partial charge in [0.25, 0.3) is 0 Å². The molecule has 200 valence electrons. The molecule has 2 aromatic heterocycles. The van der Waals surface area contributed by atoms with E-state index in [4.69, 9.17) is 0 Å². The van der Waals surface area contributed by atoms with Gasteiger partial charge in [-0.2, -0.15) is 5.10 Å². The normalized spacial score (nSPS) is 23.8. The Bertz CT molecular complexity index is 1280. The zero-order valence-electron chi connectivity index (χ0n) is 21.1. The van der Waals surface area contributed by atoms with Crippen LogP contribution in [0.25, 0.3) is 0 Å². The summed E-state index contributed by atoms with van der Waals surface area (Å²) in [7, 11) is 1.89. The molecule has 4 rings (SSSR count). The van der Waals surface area contributed by atoms with Crippen LogP contribution in [-0.2, 0) is 20.1 Å². The Morgan fingerprint density at radius 2 is 2.05 bits per heavy atom. The molecule has 2 aromatic rings. The van der Waals surface area contributed by atoms with Crippen molar-refractivity contribution in [3.05, 3.63) is 38.5 Å². The van der Waals surface area contributed by atoms with Crippen molar-refractivity contribution in [2.24, 2.45) is 13.0 Å². The summed E-state index contributed by atoms with van der Waals surface area (Å²) in [5.41, 5.74) is 2.93. The van der Waals surface area contributed by atoms with Gasteiger partial charge in [0.2, 0.25) is 11.9 Å². The predicted octanol–water partition coefficient (Wildman–Crippen LogP) is 5.53. The molecule has 10 nitrogen and oxygen atoms in total. The quantitative estimate of drug-likeness (QED) is 0.131. The smallest absolute Gasteiger partial charge is 0.338 e. The fourth-order valence-corrected chi connectivity index (χ4v) is 6.35. The van der Waals surface area contributed by atoms with E-state index in [-0.39, 0.29) is 26.9 Å². The summed E-state index contributed by atoms with van der Waals surface area (Å²) in [6.07, 6.45) is 5.54. The average Bonchev–Trinajstić information content (AvgIpc) is 3.21. The molecule has 1 saturated carbocycles. The van der Waals surface area contributed by atoms with E-state index < -0.39 is 5.97 Å². The van der Waals surface area contributed by atoms with Crippen LogP contribution >= 0.6 is 67.8 Å². The summed E-state index contributed by atoms with van der Waals surface area (Å²) in [5.74, 6) is 0.190. The number of carboxylic acid groups (broad SMARTS) is 1. The van der Waals surface area contributed by atoms with Crippen LogP contribution in [0.1, 0.15) is 64.6 Å². The maximum atomic E-state index is 12.5. The first-order valence-corrected chi connectivity index (χ1v) is 15.5. The number of halogens is 3. The first kappa shape index (κ1) is 28.8. The molecule has 0 aromatic carbocycles. The molecular formula is C24H30I3N7O3. The van der Waals surface area contributed by atoms with Crippen molar-refractivity contribution in [3.8, 4) is 0 Å². The topological polar surface area (TPSA) is 127 Å². The molecule has 2 aliphatic rings. The molecule has 1 amide bonds. The number of aromatic nitrogens is 5. The third kappa shape index (κ3) is 6.33. The summed E-state index contributed by atoms with van der Waals surface area (Å²) in [6.45, 7) is 6.27. The summed E-state index contributed by atoms with van der Waals surface area (Å²) >= 11 is 6.62. The molecule has 0 bridgehead atoms. The molecule has 2 unspecified atom stereocenters. The minimum absolute atomic E-state index is 0.0363.